The molecule has 1 amide bonds. The van der Waals surface area contributed by atoms with Crippen molar-refractivity contribution < 1.29 is 4.79 Å². The van der Waals surface area contributed by atoms with Crippen molar-refractivity contribution in [3.8, 4) is 0 Å². The third kappa shape index (κ3) is 1.86. The molecule has 2 nitrogen and oxygen atoms in total. The Balaban J connectivity index is 1.52. The average Bonchev–Trinajstić information content (AvgIpc) is 3.25. The molecule has 3 aliphatic rings. The van der Waals surface area contributed by atoms with Gasteiger partial charge in [-0.2, -0.15) is 0 Å². The number of hydrogen-bond acceptors (Lipinski definition) is 1. The van der Waals surface area contributed by atoms with Crippen LogP contribution in [-0.4, -0.2) is 10.8 Å². The van der Waals surface area contributed by atoms with Gasteiger partial charge in [0.15, 0.2) is 0 Å². The zero-order valence-electron chi connectivity index (χ0n) is 13.9. The van der Waals surface area contributed by atoms with Gasteiger partial charge in [-0.3, -0.25) is 4.79 Å². The minimum absolute atomic E-state index is 0.0982. The summed E-state index contributed by atoms with van der Waals surface area (Å²) in [4.78, 5) is 15.4. The number of carbonyl (C=O) groups is 1. The number of likely N-dealkylation sites (tertiary alicyclic amines) is 1. The second kappa shape index (κ2) is 5.20. The molecular weight excluding hydrogens is 294 g/mol. The summed E-state index contributed by atoms with van der Waals surface area (Å²) in [5, 5.41) is 0. The number of rotatable bonds is 3. The summed E-state index contributed by atoms with van der Waals surface area (Å²) >= 11 is 0. The maximum Gasteiger partial charge on any atom is 0.232 e. The topological polar surface area (TPSA) is 20.3 Å². The summed E-state index contributed by atoms with van der Waals surface area (Å²) in [5.74, 6) is 1.80. The van der Waals surface area contributed by atoms with E-state index in [-0.39, 0.29) is 11.5 Å². The Morgan fingerprint density at radius 1 is 0.958 bits per heavy atom. The van der Waals surface area contributed by atoms with Crippen LogP contribution in [0.2, 0.25) is 0 Å². The van der Waals surface area contributed by atoms with Crippen LogP contribution in [0, 0.1) is 17.3 Å². The van der Waals surface area contributed by atoms with Gasteiger partial charge < -0.3 is 4.90 Å². The van der Waals surface area contributed by atoms with Crippen molar-refractivity contribution in [1.82, 2.24) is 4.90 Å². The van der Waals surface area contributed by atoms with E-state index in [1.165, 1.54) is 30.4 Å². The first kappa shape index (κ1) is 14.3. The number of hydrogen-bond donors (Lipinski definition) is 0. The Bertz CT molecular complexity index is 756. The highest BCUT2D eigenvalue weighted by Gasteiger charge is 2.68. The molecule has 0 unspecified atom stereocenters. The van der Waals surface area contributed by atoms with Crippen LogP contribution in [0.15, 0.2) is 60.7 Å². The summed E-state index contributed by atoms with van der Waals surface area (Å²) in [5.41, 5.74) is 2.45. The van der Waals surface area contributed by atoms with Crippen molar-refractivity contribution in [2.45, 2.75) is 38.3 Å². The van der Waals surface area contributed by atoms with Gasteiger partial charge in [0.1, 0.15) is 0 Å². The Morgan fingerprint density at radius 2 is 1.67 bits per heavy atom. The van der Waals surface area contributed by atoms with Crippen molar-refractivity contribution >= 4 is 5.91 Å². The molecular formula is C22H23NO. The number of nitrogens with zero attached hydrogens (tertiary/aromatic N) is 1. The van der Waals surface area contributed by atoms with Gasteiger partial charge in [0.05, 0.1) is 11.5 Å². The third-order valence-corrected chi connectivity index (χ3v) is 6.67. The molecule has 1 aliphatic heterocycles. The molecule has 24 heavy (non-hydrogen) atoms. The summed E-state index contributed by atoms with van der Waals surface area (Å²) in [7, 11) is 0. The van der Waals surface area contributed by atoms with E-state index < -0.39 is 0 Å². The van der Waals surface area contributed by atoms with Crippen LogP contribution in [0.5, 0.6) is 0 Å². The lowest BCUT2D eigenvalue weighted by Gasteiger charge is -2.58. The van der Waals surface area contributed by atoms with Crippen LogP contribution in [0.25, 0.3) is 0 Å². The highest BCUT2D eigenvalue weighted by atomic mass is 16.2. The minimum atomic E-state index is -0.0982. The smallest absolute Gasteiger partial charge is 0.232 e. The lowest BCUT2D eigenvalue weighted by atomic mass is 9.59. The van der Waals surface area contributed by atoms with Crippen molar-refractivity contribution in [1.29, 1.82) is 0 Å². The zero-order chi connectivity index (χ0) is 16.1. The molecule has 2 aliphatic carbocycles. The summed E-state index contributed by atoms with van der Waals surface area (Å²) in [6, 6.07) is 21.4. The van der Waals surface area contributed by atoms with Crippen LogP contribution >= 0.6 is 0 Å². The largest absolute Gasteiger partial charge is 0.330 e. The Kier molecular flexibility index (Phi) is 3.09. The SMILES string of the molecule is O=C1N(Cc2ccccc2)[C@@H](c2ccccc2)[C@]12C[C@@H]1CC[C@H]2C1. The Labute approximate surface area is 143 Å². The van der Waals surface area contributed by atoms with Crippen molar-refractivity contribution in [3.63, 3.8) is 0 Å². The molecule has 5 rings (SSSR count). The first-order chi connectivity index (χ1) is 11.8. The zero-order valence-corrected chi connectivity index (χ0v) is 13.9. The molecule has 1 saturated heterocycles. The van der Waals surface area contributed by atoms with Gasteiger partial charge in [-0.05, 0) is 42.2 Å². The minimum Gasteiger partial charge on any atom is -0.330 e. The molecule has 2 aromatic carbocycles. The second-order valence-corrected chi connectivity index (χ2v) is 7.85. The van der Waals surface area contributed by atoms with E-state index in [0.29, 0.717) is 11.8 Å². The quantitative estimate of drug-likeness (QED) is 0.759. The van der Waals surface area contributed by atoms with E-state index in [1.54, 1.807) is 0 Å². The normalized spacial score (nSPS) is 33.9. The molecule has 2 heteroatoms. The third-order valence-electron chi connectivity index (χ3n) is 6.67. The highest BCUT2D eigenvalue weighted by molar-refractivity contribution is 5.91. The predicted molar refractivity (Wildman–Crippen MR) is 94.1 cm³/mol. The van der Waals surface area contributed by atoms with Crippen LogP contribution < -0.4 is 0 Å². The van der Waals surface area contributed by atoms with E-state index in [0.717, 1.165) is 18.9 Å². The van der Waals surface area contributed by atoms with E-state index >= 15 is 0 Å². The molecule has 1 heterocycles. The molecule has 4 atom stereocenters. The van der Waals surface area contributed by atoms with Gasteiger partial charge in [-0.1, -0.05) is 67.1 Å². The van der Waals surface area contributed by atoms with Gasteiger partial charge in [0.25, 0.3) is 0 Å². The fraction of sp³-hybridized carbons (Fsp3) is 0.409. The average molecular weight is 317 g/mol. The van der Waals surface area contributed by atoms with Gasteiger partial charge in [0, 0.05) is 6.54 Å². The van der Waals surface area contributed by atoms with Crippen LogP contribution in [-0.2, 0) is 11.3 Å². The van der Waals surface area contributed by atoms with Crippen molar-refractivity contribution in [2.75, 3.05) is 0 Å². The Hall–Kier alpha value is -2.09. The predicted octanol–water partition coefficient (Wildman–Crippen LogP) is 4.58. The Morgan fingerprint density at radius 3 is 2.29 bits per heavy atom. The van der Waals surface area contributed by atoms with Gasteiger partial charge in [-0.25, -0.2) is 0 Å². The molecule has 0 radical (unpaired) electrons. The first-order valence-electron chi connectivity index (χ1n) is 9.19. The van der Waals surface area contributed by atoms with E-state index in [4.69, 9.17) is 0 Å². The van der Waals surface area contributed by atoms with E-state index in [9.17, 15) is 4.79 Å². The molecule has 2 saturated carbocycles. The molecule has 0 aromatic heterocycles. The van der Waals surface area contributed by atoms with E-state index in [1.807, 2.05) is 6.07 Å². The first-order valence-corrected chi connectivity index (χ1v) is 9.19. The van der Waals surface area contributed by atoms with Crippen LogP contribution in [0.3, 0.4) is 0 Å². The van der Waals surface area contributed by atoms with Gasteiger partial charge in [-0.15, -0.1) is 0 Å². The van der Waals surface area contributed by atoms with E-state index in [2.05, 4.69) is 59.5 Å². The molecule has 1 spiro atoms. The molecule has 0 N–H and O–H groups in total. The number of β-lactam (4-membered cyclic amide) rings is 1. The lowest BCUT2D eigenvalue weighted by Crippen LogP contribution is -2.64. The standard InChI is InChI=1S/C22H23NO/c24-21-22(14-17-11-12-19(22)13-17)20(18-9-5-2-6-10-18)23(21)15-16-7-3-1-4-8-16/h1-10,17,19-20H,11-15H2/t17-,19+,20+,22-/m1/s1. The van der Waals surface area contributed by atoms with Gasteiger partial charge in [0.2, 0.25) is 5.91 Å². The monoisotopic (exact) mass is 317 g/mol. The highest BCUT2D eigenvalue weighted by Crippen LogP contribution is 2.68. The van der Waals surface area contributed by atoms with Crippen molar-refractivity contribution in [2.24, 2.45) is 17.3 Å². The van der Waals surface area contributed by atoms with Crippen molar-refractivity contribution in [3.05, 3.63) is 71.8 Å². The maximum absolute atomic E-state index is 13.3. The maximum atomic E-state index is 13.3. The summed E-state index contributed by atoms with van der Waals surface area (Å²) < 4.78 is 0. The van der Waals surface area contributed by atoms with Gasteiger partial charge >= 0.3 is 0 Å². The lowest BCUT2D eigenvalue weighted by molar-refractivity contribution is -0.183. The molecule has 2 bridgehead atoms. The molecule has 3 fully saturated rings. The summed E-state index contributed by atoms with van der Waals surface area (Å²) in [6.45, 7) is 0.734. The molecule has 122 valence electrons. The number of fused-ring (bicyclic) bond motifs is 3. The summed E-state index contributed by atoms with van der Waals surface area (Å²) in [6.07, 6.45) is 4.97. The van der Waals surface area contributed by atoms with Crippen LogP contribution in [0.4, 0.5) is 0 Å². The second-order valence-electron chi connectivity index (χ2n) is 7.85. The molecule has 2 aromatic rings. The number of benzene rings is 2. The van der Waals surface area contributed by atoms with Crippen LogP contribution in [0.1, 0.15) is 42.9 Å². The fourth-order valence-corrected chi connectivity index (χ4v) is 5.74. The fourth-order valence-electron chi connectivity index (χ4n) is 5.74. The number of carbonyl (C=O) groups excluding carboxylic acids is 1. The number of amides is 1.